The highest BCUT2D eigenvalue weighted by atomic mass is 16.5. The largest absolute Gasteiger partial charge is 0.398 e. The smallest absolute Gasteiger partial charge is 0.248 e. The first-order valence-corrected chi connectivity index (χ1v) is 10.0. The van der Waals surface area contributed by atoms with Crippen molar-refractivity contribution < 1.29 is 9.53 Å². The van der Waals surface area contributed by atoms with E-state index in [4.69, 9.17) is 15.5 Å². The number of hydrogen-bond donors (Lipinski definition) is 2. The molecule has 2 aliphatic heterocycles. The van der Waals surface area contributed by atoms with E-state index in [9.17, 15) is 9.59 Å². The first-order chi connectivity index (χ1) is 14.0. The Morgan fingerprint density at radius 3 is 2.86 bits per heavy atom. The summed E-state index contributed by atoms with van der Waals surface area (Å²) in [7, 11) is 0. The second-order valence-corrected chi connectivity index (χ2v) is 7.61. The summed E-state index contributed by atoms with van der Waals surface area (Å²) in [5.74, 6) is 0.0302. The quantitative estimate of drug-likeness (QED) is 0.814. The van der Waals surface area contributed by atoms with Gasteiger partial charge in [-0.15, -0.1) is 0 Å². The van der Waals surface area contributed by atoms with E-state index in [0.29, 0.717) is 25.2 Å². The molecule has 2 aromatic rings. The fraction of sp³-hybridized carbons (Fsp3) is 0.409. The van der Waals surface area contributed by atoms with E-state index in [0.717, 1.165) is 53.7 Å². The second-order valence-electron chi connectivity index (χ2n) is 7.61. The Balaban J connectivity index is 1.81. The number of rotatable bonds is 2. The zero-order chi connectivity index (χ0) is 20.4. The molecule has 0 bridgehead atoms. The van der Waals surface area contributed by atoms with Crippen molar-refractivity contribution in [2.45, 2.75) is 32.2 Å². The van der Waals surface area contributed by atoms with Gasteiger partial charge in [-0.3, -0.25) is 14.6 Å². The average molecular weight is 394 g/mol. The molecule has 4 rings (SSSR count). The maximum absolute atomic E-state index is 12.0. The number of nitrogens with two attached hydrogens (primary N) is 1. The molecule has 0 spiro atoms. The maximum atomic E-state index is 12.0. The van der Waals surface area contributed by atoms with Crippen molar-refractivity contribution in [2.75, 3.05) is 26.3 Å². The number of carbonyl (C=O) groups excluding carboxylic acids is 1. The fourth-order valence-electron chi connectivity index (χ4n) is 4.03. The average Bonchev–Trinajstić information content (AvgIpc) is 2.73. The lowest BCUT2D eigenvalue weighted by Crippen LogP contribution is -2.40. The Bertz CT molecular complexity index is 1050. The Kier molecular flexibility index (Phi) is 5.49. The number of aliphatic imine (C=N–C) groups is 1. The molecule has 1 aromatic heterocycles. The van der Waals surface area contributed by atoms with Crippen LogP contribution < -0.4 is 11.3 Å². The van der Waals surface area contributed by atoms with Crippen LogP contribution in [0.5, 0.6) is 0 Å². The molecule has 1 aromatic carbocycles. The standard InChI is InChI=1S/C22H26N4O3/c1-14(27)26-8-5-20(25-16-6-9-29-10-7-16)19(13-26)22(23)17-4-2-3-15-11-21(28)24-12-18(15)17/h2-4,11-12,16H,5-10,13,23H2,1H3,(H,24,28). The Morgan fingerprint density at radius 2 is 2.10 bits per heavy atom. The Hall–Kier alpha value is -2.93. The monoisotopic (exact) mass is 394 g/mol. The molecule has 0 aliphatic carbocycles. The van der Waals surface area contributed by atoms with Crippen molar-refractivity contribution in [3.63, 3.8) is 0 Å². The molecule has 0 saturated carbocycles. The molecule has 7 heteroatoms. The highest BCUT2D eigenvalue weighted by Crippen LogP contribution is 2.27. The van der Waals surface area contributed by atoms with Crippen molar-refractivity contribution in [1.82, 2.24) is 9.88 Å². The topological polar surface area (TPSA) is 101 Å². The number of carbonyl (C=O) groups is 1. The summed E-state index contributed by atoms with van der Waals surface area (Å²) < 4.78 is 5.45. The van der Waals surface area contributed by atoms with Crippen LogP contribution in [0.15, 0.2) is 45.8 Å². The van der Waals surface area contributed by atoms with Crippen LogP contribution in [0.25, 0.3) is 16.5 Å². The molecule has 0 atom stereocenters. The van der Waals surface area contributed by atoms with E-state index < -0.39 is 0 Å². The molecule has 0 radical (unpaired) electrons. The number of amides is 1. The number of nitrogens with one attached hydrogen (secondary N) is 1. The van der Waals surface area contributed by atoms with Crippen molar-refractivity contribution in [3.05, 3.63) is 52.0 Å². The molecule has 2 fully saturated rings. The first-order valence-electron chi connectivity index (χ1n) is 10.0. The number of benzene rings is 1. The molecule has 3 heterocycles. The number of hydrogen-bond acceptors (Lipinski definition) is 5. The van der Waals surface area contributed by atoms with E-state index in [1.165, 1.54) is 0 Å². The first kappa shape index (κ1) is 19.4. The number of likely N-dealkylation sites (tertiary alicyclic amines) is 1. The summed E-state index contributed by atoms with van der Waals surface area (Å²) in [5.41, 5.74) is 9.86. The van der Waals surface area contributed by atoms with E-state index >= 15 is 0 Å². The highest BCUT2D eigenvalue weighted by Gasteiger charge is 2.26. The highest BCUT2D eigenvalue weighted by molar-refractivity contribution is 6.09. The molecule has 2 saturated heterocycles. The summed E-state index contributed by atoms with van der Waals surface area (Å²) in [6.07, 6.45) is 4.20. The number of nitrogens with zero attached hydrogens (tertiary/aromatic N) is 2. The van der Waals surface area contributed by atoms with E-state index in [1.807, 2.05) is 18.2 Å². The van der Waals surface area contributed by atoms with Crippen LogP contribution in [0.1, 0.15) is 31.7 Å². The van der Waals surface area contributed by atoms with Gasteiger partial charge in [0.2, 0.25) is 11.5 Å². The molecule has 2 aliphatic rings. The van der Waals surface area contributed by atoms with E-state index in [2.05, 4.69) is 4.98 Å². The van der Waals surface area contributed by atoms with Gasteiger partial charge in [0.05, 0.1) is 6.04 Å². The Morgan fingerprint density at radius 1 is 1.31 bits per heavy atom. The zero-order valence-electron chi connectivity index (χ0n) is 16.6. The number of H-pyrrole nitrogens is 1. The third-order valence-electron chi connectivity index (χ3n) is 5.69. The van der Waals surface area contributed by atoms with Gasteiger partial charge in [0, 0.05) is 79.8 Å². The molecule has 1 amide bonds. The predicted octanol–water partition coefficient (Wildman–Crippen LogP) is 2.07. The molecular formula is C22H26N4O3. The molecule has 7 nitrogen and oxygen atoms in total. The normalized spacial score (nSPS) is 21.6. The van der Waals surface area contributed by atoms with Gasteiger partial charge < -0.3 is 20.4 Å². The van der Waals surface area contributed by atoms with E-state index in [1.54, 1.807) is 24.1 Å². The van der Waals surface area contributed by atoms with Gasteiger partial charge in [-0.05, 0) is 18.2 Å². The number of piperidine rings is 1. The van der Waals surface area contributed by atoms with Gasteiger partial charge in [-0.1, -0.05) is 18.2 Å². The number of pyridine rings is 1. The van der Waals surface area contributed by atoms with Gasteiger partial charge in [0.1, 0.15) is 0 Å². The van der Waals surface area contributed by atoms with Crippen LogP contribution in [-0.4, -0.2) is 53.8 Å². The third kappa shape index (κ3) is 4.10. The van der Waals surface area contributed by atoms with Crippen LogP contribution in [-0.2, 0) is 9.53 Å². The summed E-state index contributed by atoms with van der Waals surface area (Å²) in [5, 5.41) is 1.71. The lowest BCUT2D eigenvalue weighted by atomic mass is 9.94. The van der Waals surface area contributed by atoms with Crippen molar-refractivity contribution >= 4 is 28.1 Å². The summed E-state index contributed by atoms with van der Waals surface area (Å²) in [6.45, 7) is 4.13. The molecule has 152 valence electrons. The number of aromatic nitrogens is 1. The zero-order valence-corrected chi connectivity index (χ0v) is 16.6. The number of aromatic amines is 1. The van der Waals surface area contributed by atoms with Crippen molar-refractivity contribution in [2.24, 2.45) is 10.7 Å². The minimum Gasteiger partial charge on any atom is -0.398 e. The minimum absolute atomic E-state index is 0.0302. The van der Waals surface area contributed by atoms with Crippen molar-refractivity contribution in [1.29, 1.82) is 0 Å². The van der Waals surface area contributed by atoms with Crippen LogP contribution in [0.3, 0.4) is 0 Å². The van der Waals surface area contributed by atoms with Gasteiger partial charge in [-0.25, -0.2) is 0 Å². The van der Waals surface area contributed by atoms with Gasteiger partial charge in [-0.2, -0.15) is 0 Å². The minimum atomic E-state index is -0.150. The predicted molar refractivity (Wildman–Crippen MR) is 114 cm³/mol. The van der Waals surface area contributed by atoms with Crippen LogP contribution in [0, 0.1) is 0 Å². The summed E-state index contributed by atoms with van der Waals surface area (Å²) >= 11 is 0. The molecule has 3 N–H and O–H groups in total. The lowest BCUT2D eigenvalue weighted by molar-refractivity contribution is -0.128. The fourth-order valence-corrected chi connectivity index (χ4v) is 4.03. The SMILES string of the molecule is CC(=O)N1CCC(=NC2CCOCC2)C(=C(N)c2cccc3cc(=O)[nH]cc23)C1. The third-order valence-corrected chi connectivity index (χ3v) is 5.69. The molecule has 0 unspecified atom stereocenters. The number of ether oxygens (including phenoxy) is 1. The Labute approximate surface area is 169 Å². The van der Waals surface area contributed by atoms with E-state index in [-0.39, 0.29) is 17.5 Å². The maximum Gasteiger partial charge on any atom is 0.248 e. The number of fused-ring (bicyclic) bond motifs is 1. The van der Waals surface area contributed by atoms with Crippen LogP contribution >= 0.6 is 0 Å². The molecule has 29 heavy (non-hydrogen) atoms. The summed E-state index contributed by atoms with van der Waals surface area (Å²) in [6, 6.07) is 7.53. The van der Waals surface area contributed by atoms with Gasteiger partial charge >= 0.3 is 0 Å². The summed E-state index contributed by atoms with van der Waals surface area (Å²) in [4.78, 5) is 33.3. The van der Waals surface area contributed by atoms with Crippen LogP contribution in [0.4, 0.5) is 0 Å². The second kappa shape index (κ2) is 8.21. The van der Waals surface area contributed by atoms with Crippen molar-refractivity contribution in [3.8, 4) is 0 Å². The van der Waals surface area contributed by atoms with Gasteiger partial charge in [0.25, 0.3) is 0 Å². The van der Waals surface area contributed by atoms with Gasteiger partial charge in [0.15, 0.2) is 0 Å². The lowest BCUT2D eigenvalue weighted by Gasteiger charge is -2.31. The van der Waals surface area contributed by atoms with Crippen LogP contribution in [0.2, 0.25) is 0 Å². The molecular weight excluding hydrogens is 368 g/mol.